The molecule has 0 bridgehead atoms. The van der Waals surface area contributed by atoms with Gasteiger partial charge in [0.25, 0.3) is 21.6 Å². The number of anilines is 1. The van der Waals surface area contributed by atoms with Gasteiger partial charge in [-0.3, -0.25) is 24.5 Å². The zero-order valence-corrected chi connectivity index (χ0v) is 26.1. The van der Waals surface area contributed by atoms with Crippen LogP contribution in [0.2, 0.25) is 0 Å². The summed E-state index contributed by atoms with van der Waals surface area (Å²) in [6.45, 7) is 0.814. The standard InChI is InChI=1S/C24H25N5O6S2.C7H7NO/c25-23(30)16-4-6-18(7-5-16)27-19-10-12-28(13-11-19)37(34,35)22-9-8-21(36-22)15-26-24(31)17-2-1-3-20(14-17)29(32)33;8-7(9)6-4-2-1-3-5-6/h1-9,14,19,27H,10-13,15H2,(H2,25,30)(H,26,31);1-5H,(H2,8,9). The normalized spacial score (nSPS) is 13.6. The number of hydrogen-bond donors (Lipinski definition) is 4. The molecule has 1 aliphatic rings. The lowest BCUT2D eigenvalue weighted by Gasteiger charge is -2.31. The molecule has 240 valence electrons. The highest BCUT2D eigenvalue weighted by atomic mass is 32.2. The maximum atomic E-state index is 13.1. The highest BCUT2D eigenvalue weighted by molar-refractivity contribution is 7.91. The summed E-state index contributed by atoms with van der Waals surface area (Å²) < 4.78 is 27.9. The second-order valence-electron chi connectivity index (χ2n) is 10.2. The molecule has 4 aromatic rings. The van der Waals surface area contributed by atoms with E-state index in [1.807, 2.05) is 6.07 Å². The first-order valence-corrected chi connectivity index (χ1v) is 16.3. The number of rotatable bonds is 10. The van der Waals surface area contributed by atoms with Crippen LogP contribution >= 0.6 is 11.3 Å². The molecule has 15 heteroatoms. The summed E-state index contributed by atoms with van der Waals surface area (Å²) in [4.78, 5) is 45.0. The number of carbonyl (C=O) groups is 3. The number of piperidine rings is 1. The molecule has 0 spiro atoms. The van der Waals surface area contributed by atoms with Crippen molar-refractivity contribution in [2.45, 2.75) is 29.6 Å². The van der Waals surface area contributed by atoms with Crippen molar-refractivity contribution in [3.63, 3.8) is 0 Å². The van der Waals surface area contributed by atoms with Gasteiger partial charge in [-0.15, -0.1) is 11.3 Å². The van der Waals surface area contributed by atoms with E-state index in [9.17, 15) is 32.9 Å². The van der Waals surface area contributed by atoms with Crippen LogP contribution in [0.25, 0.3) is 0 Å². The third-order valence-corrected chi connectivity index (χ3v) is 10.5. The summed E-state index contributed by atoms with van der Waals surface area (Å²) in [5.41, 5.74) is 12.0. The topological polar surface area (TPSA) is 208 Å². The van der Waals surface area contributed by atoms with Crippen LogP contribution < -0.4 is 22.1 Å². The molecule has 46 heavy (non-hydrogen) atoms. The van der Waals surface area contributed by atoms with Crippen LogP contribution in [-0.2, 0) is 16.6 Å². The lowest BCUT2D eigenvalue weighted by Crippen LogP contribution is -2.42. The van der Waals surface area contributed by atoms with Gasteiger partial charge >= 0.3 is 0 Å². The molecule has 6 N–H and O–H groups in total. The van der Waals surface area contributed by atoms with Crippen LogP contribution in [0.15, 0.2) is 95.2 Å². The van der Waals surface area contributed by atoms with Crippen LogP contribution in [0, 0.1) is 10.1 Å². The Morgan fingerprint density at radius 3 is 2.04 bits per heavy atom. The van der Waals surface area contributed by atoms with Crippen molar-refractivity contribution >= 4 is 50.5 Å². The third-order valence-electron chi connectivity index (χ3n) is 7.03. The van der Waals surface area contributed by atoms with Gasteiger partial charge in [-0.1, -0.05) is 24.3 Å². The van der Waals surface area contributed by atoms with Crippen molar-refractivity contribution < 1.29 is 27.7 Å². The van der Waals surface area contributed by atoms with Gasteiger partial charge in [-0.25, -0.2) is 8.42 Å². The van der Waals surface area contributed by atoms with Crippen molar-refractivity contribution in [2.24, 2.45) is 11.5 Å². The Bertz CT molecular complexity index is 1800. The van der Waals surface area contributed by atoms with E-state index in [4.69, 9.17) is 11.5 Å². The van der Waals surface area contributed by atoms with E-state index in [0.29, 0.717) is 41.9 Å². The number of primary amides is 2. The zero-order valence-electron chi connectivity index (χ0n) is 24.5. The maximum absolute atomic E-state index is 13.1. The number of amides is 3. The van der Waals surface area contributed by atoms with Gasteiger partial charge in [0.2, 0.25) is 11.8 Å². The number of carbonyl (C=O) groups excluding carboxylic acids is 3. The summed E-state index contributed by atoms with van der Waals surface area (Å²) in [6.07, 6.45) is 1.24. The molecule has 1 saturated heterocycles. The molecular formula is C31H32N6O7S2. The largest absolute Gasteiger partial charge is 0.382 e. The lowest BCUT2D eigenvalue weighted by atomic mass is 10.1. The van der Waals surface area contributed by atoms with Gasteiger partial charge < -0.3 is 22.1 Å². The van der Waals surface area contributed by atoms with Gasteiger partial charge in [0, 0.05) is 58.5 Å². The number of benzene rings is 3. The van der Waals surface area contributed by atoms with Crippen LogP contribution in [0.1, 0.15) is 48.8 Å². The number of hydrogen-bond acceptors (Lipinski definition) is 9. The predicted octanol–water partition coefficient (Wildman–Crippen LogP) is 3.74. The molecule has 0 atom stereocenters. The maximum Gasteiger partial charge on any atom is 0.270 e. The molecule has 5 rings (SSSR count). The molecule has 0 radical (unpaired) electrons. The molecule has 3 aromatic carbocycles. The summed E-state index contributed by atoms with van der Waals surface area (Å²) in [6, 6.07) is 24.3. The van der Waals surface area contributed by atoms with Crippen molar-refractivity contribution in [1.82, 2.24) is 9.62 Å². The summed E-state index contributed by atoms with van der Waals surface area (Å²) >= 11 is 1.08. The van der Waals surface area contributed by atoms with Crippen molar-refractivity contribution in [1.29, 1.82) is 0 Å². The number of nitro benzene ring substituents is 1. The number of nitrogens with zero attached hydrogens (tertiary/aromatic N) is 2. The first-order chi connectivity index (χ1) is 21.9. The highest BCUT2D eigenvalue weighted by Crippen LogP contribution is 2.28. The Morgan fingerprint density at radius 2 is 1.46 bits per heavy atom. The van der Waals surface area contributed by atoms with Crippen LogP contribution in [0.5, 0.6) is 0 Å². The molecular weight excluding hydrogens is 633 g/mol. The summed E-state index contributed by atoms with van der Waals surface area (Å²) in [7, 11) is -3.67. The van der Waals surface area contributed by atoms with Crippen LogP contribution in [0.3, 0.4) is 0 Å². The quantitative estimate of drug-likeness (QED) is 0.145. The third kappa shape index (κ3) is 8.97. The SMILES string of the molecule is NC(=O)c1ccc(NC2CCN(S(=O)(=O)c3ccc(CNC(=O)c4cccc([N+](=O)[O-])c4)s3)CC2)cc1.NC(=O)c1ccccc1. The second kappa shape index (κ2) is 15.2. The Morgan fingerprint density at radius 1 is 0.848 bits per heavy atom. The highest BCUT2D eigenvalue weighted by Gasteiger charge is 2.30. The zero-order chi connectivity index (χ0) is 33.3. The average molecular weight is 665 g/mol. The number of thiophene rings is 1. The Kier molecular flexibility index (Phi) is 11.2. The van der Waals surface area contributed by atoms with Gasteiger partial charge in [0.05, 0.1) is 11.5 Å². The van der Waals surface area contributed by atoms with E-state index in [-0.39, 0.29) is 34.0 Å². The van der Waals surface area contributed by atoms with Crippen LogP contribution in [0.4, 0.5) is 11.4 Å². The monoisotopic (exact) mass is 664 g/mol. The molecule has 1 aliphatic heterocycles. The molecule has 2 heterocycles. The van der Waals surface area contributed by atoms with Gasteiger partial charge in [-0.2, -0.15) is 4.31 Å². The number of nitro groups is 1. The first kappa shape index (κ1) is 33.8. The van der Waals surface area contributed by atoms with E-state index >= 15 is 0 Å². The molecule has 3 amide bonds. The molecule has 0 aliphatic carbocycles. The Hall–Kier alpha value is -5.12. The minimum Gasteiger partial charge on any atom is -0.382 e. The fraction of sp³-hybridized carbons (Fsp3) is 0.194. The van der Waals surface area contributed by atoms with Crippen molar-refractivity contribution in [2.75, 3.05) is 18.4 Å². The van der Waals surface area contributed by atoms with Gasteiger partial charge in [0.15, 0.2) is 0 Å². The minimum atomic E-state index is -3.67. The van der Waals surface area contributed by atoms with E-state index in [2.05, 4.69) is 10.6 Å². The molecule has 13 nitrogen and oxygen atoms in total. The van der Waals surface area contributed by atoms with Gasteiger partial charge in [-0.05, 0) is 67.4 Å². The Labute approximate surface area is 269 Å². The fourth-order valence-corrected chi connectivity index (χ4v) is 7.48. The predicted molar refractivity (Wildman–Crippen MR) is 174 cm³/mol. The number of sulfonamides is 1. The lowest BCUT2D eigenvalue weighted by molar-refractivity contribution is -0.384. The smallest absolute Gasteiger partial charge is 0.270 e. The van der Waals surface area contributed by atoms with E-state index in [1.165, 1.54) is 34.6 Å². The number of non-ortho nitro benzene ring substituents is 1. The average Bonchev–Trinajstić information content (AvgIpc) is 3.55. The molecule has 0 unspecified atom stereocenters. The van der Waals surface area contributed by atoms with Crippen molar-refractivity contribution in [3.8, 4) is 0 Å². The minimum absolute atomic E-state index is 0.0915. The number of nitrogens with two attached hydrogens (primary N) is 2. The van der Waals surface area contributed by atoms with E-state index < -0.39 is 26.8 Å². The fourth-order valence-electron chi connectivity index (χ4n) is 4.56. The molecule has 0 saturated carbocycles. The van der Waals surface area contributed by atoms with E-state index in [0.717, 1.165) is 17.0 Å². The molecule has 1 aromatic heterocycles. The molecule has 1 fully saturated rings. The number of nitrogens with one attached hydrogen (secondary N) is 2. The first-order valence-electron chi connectivity index (χ1n) is 14.1. The van der Waals surface area contributed by atoms with Crippen molar-refractivity contribution in [3.05, 3.63) is 123 Å². The second-order valence-corrected chi connectivity index (χ2v) is 13.5. The summed E-state index contributed by atoms with van der Waals surface area (Å²) in [5, 5.41) is 16.9. The van der Waals surface area contributed by atoms with E-state index in [1.54, 1.807) is 54.6 Å². The van der Waals surface area contributed by atoms with Crippen LogP contribution in [-0.4, -0.2) is 54.5 Å². The van der Waals surface area contributed by atoms with Gasteiger partial charge in [0.1, 0.15) is 4.21 Å². The Balaban J connectivity index is 0.000000459. The summed E-state index contributed by atoms with van der Waals surface area (Å²) in [5.74, 6) is -1.36.